The quantitative estimate of drug-likeness (QED) is 0.143. The molecule has 0 unspecified atom stereocenters. The fraction of sp³-hybridized carbons (Fsp3) is 0.543. The molecule has 47 heavy (non-hydrogen) atoms. The maximum Gasteiger partial charge on any atom is 0.305 e. The summed E-state index contributed by atoms with van der Waals surface area (Å²) < 4.78 is 28.0. The van der Waals surface area contributed by atoms with Gasteiger partial charge in [-0.1, -0.05) is 37.3 Å². The Morgan fingerprint density at radius 2 is 1.89 bits per heavy atom. The standard InChI is InChI=1S/C35H46FN3O7Si/c1-24-33(47(3,4)36)29(22-31(42)37(19-20-40)23-25-11-6-5-7-12-25)46-35(24)27-21-26(38-18-10-13-30(38)41)15-16-28(27)39(34(35)44)17-9-8-14-32(43)45-2/h5-7,11-12,15-16,21,24,29,33,40H,8-10,13-14,17-20,22-23H2,1-4H3/t24-,29+,33-,35+/m1/s1. The van der Waals surface area contributed by atoms with Crippen molar-refractivity contribution in [1.29, 1.82) is 0 Å². The lowest BCUT2D eigenvalue weighted by atomic mass is 9.82. The van der Waals surface area contributed by atoms with Gasteiger partial charge in [-0.2, -0.15) is 0 Å². The molecule has 2 aromatic rings. The molecule has 2 saturated heterocycles. The molecule has 1 spiro atoms. The third kappa shape index (κ3) is 6.86. The number of ether oxygens (including phenoxy) is 2. The van der Waals surface area contributed by atoms with Gasteiger partial charge in [-0.15, -0.1) is 0 Å². The predicted molar refractivity (Wildman–Crippen MR) is 178 cm³/mol. The van der Waals surface area contributed by atoms with Crippen molar-refractivity contribution in [2.45, 2.75) is 82.3 Å². The Morgan fingerprint density at radius 3 is 2.53 bits per heavy atom. The summed E-state index contributed by atoms with van der Waals surface area (Å²) in [6.07, 6.45) is 1.43. The number of aliphatic hydroxyl groups is 1. The van der Waals surface area contributed by atoms with Gasteiger partial charge in [0.15, 0.2) is 5.60 Å². The van der Waals surface area contributed by atoms with Crippen LogP contribution >= 0.6 is 0 Å². The maximum atomic E-state index is 16.4. The van der Waals surface area contributed by atoms with Crippen molar-refractivity contribution in [3.8, 4) is 0 Å². The molecule has 0 saturated carbocycles. The van der Waals surface area contributed by atoms with Crippen LogP contribution in [0.1, 0.15) is 56.6 Å². The fourth-order valence-corrected chi connectivity index (χ4v) is 10.2. The molecule has 10 nitrogen and oxygen atoms in total. The molecule has 2 aromatic carbocycles. The maximum absolute atomic E-state index is 16.4. The molecule has 1 N–H and O–H groups in total. The van der Waals surface area contributed by atoms with E-state index in [1.807, 2.05) is 55.5 Å². The van der Waals surface area contributed by atoms with Crippen LogP contribution in [0.2, 0.25) is 18.6 Å². The monoisotopic (exact) mass is 667 g/mol. The van der Waals surface area contributed by atoms with Gasteiger partial charge < -0.3 is 33.4 Å². The van der Waals surface area contributed by atoms with Gasteiger partial charge in [0.1, 0.15) is 0 Å². The van der Waals surface area contributed by atoms with Crippen molar-refractivity contribution in [3.63, 3.8) is 0 Å². The van der Waals surface area contributed by atoms with Crippen LogP contribution < -0.4 is 9.80 Å². The highest BCUT2D eigenvalue weighted by Crippen LogP contribution is 2.60. The highest BCUT2D eigenvalue weighted by molar-refractivity contribution is 6.72. The number of carbonyl (C=O) groups is 4. The molecule has 3 heterocycles. The van der Waals surface area contributed by atoms with E-state index in [0.29, 0.717) is 49.3 Å². The average Bonchev–Trinajstić information content (AvgIpc) is 3.67. The second-order valence-electron chi connectivity index (χ2n) is 13.3. The van der Waals surface area contributed by atoms with Crippen LogP contribution in [0.5, 0.6) is 0 Å². The van der Waals surface area contributed by atoms with E-state index < -0.39 is 31.6 Å². The molecule has 0 aliphatic carbocycles. The van der Waals surface area contributed by atoms with Crippen molar-refractivity contribution in [2.24, 2.45) is 5.92 Å². The van der Waals surface area contributed by atoms with Gasteiger partial charge in [0, 0.05) is 61.7 Å². The third-order valence-corrected chi connectivity index (χ3v) is 12.3. The molecule has 4 atom stereocenters. The van der Waals surface area contributed by atoms with Gasteiger partial charge >= 0.3 is 5.97 Å². The summed E-state index contributed by atoms with van der Waals surface area (Å²) in [7, 11) is -2.20. The van der Waals surface area contributed by atoms with E-state index in [4.69, 9.17) is 9.47 Å². The van der Waals surface area contributed by atoms with E-state index in [9.17, 15) is 24.3 Å². The van der Waals surface area contributed by atoms with Crippen LogP contribution in [0.4, 0.5) is 15.5 Å². The number of hydrogen-bond donors (Lipinski definition) is 1. The van der Waals surface area contributed by atoms with Crippen molar-refractivity contribution in [3.05, 3.63) is 59.7 Å². The number of carbonyl (C=O) groups excluding carboxylic acids is 4. The minimum atomic E-state index is -3.54. The highest BCUT2D eigenvalue weighted by atomic mass is 28.4. The van der Waals surface area contributed by atoms with E-state index in [0.717, 1.165) is 12.0 Å². The number of benzene rings is 2. The average molecular weight is 668 g/mol. The minimum absolute atomic E-state index is 0.00409. The Labute approximate surface area is 277 Å². The molecule has 0 aromatic heterocycles. The Bertz CT molecular complexity index is 1490. The number of aliphatic hydroxyl groups excluding tert-OH is 1. The zero-order valence-corrected chi connectivity index (χ0v) is 28.7. The Morgan fingerprint density at radius 1 is 1.15 bits per heavy atom. The van der Waals surface area contributed by atoms with E-state index >= 15 is 4.11 Å². The lowest BCUT2D eigenvalue weighted by molar-refractivity contribution is -0.149. The van der Waals surface area contributed by atoms with E-state index in [-0.39, 0.29) is 56.2 Å². The van der Waals surface area contributed by atoms with Crippen molar-refractivity contribution < 1.29 is 37.9 Å². The molecule has 5 rings (SSSR count). The number of anilines is 2. The first kappa shape index (κ1) is 34.7. The van der Waals surface area contributed by atoms with E-state index in [1.54, 1.807) is 27.8 Å². The Balaban J connectivity index is 1.50. The molecular formula is C35H46FN3O7Si. The van der Waals surface area contributed by atoms with Crippen LogP contribution in [0.3, 0.4) is 0 Å². The first-order chi connectivity index (χ1) is 22.4. The zero-order valence-electron chi connectivity index (χ0n) is 27.7. The smallest absolute Gasteiger partial charge is 0.305 e. The molecule has 3 amide bonds. The fourth-order valence-electron chi connectivity index (χ4n) is 7.71. The van der Waals surface area contributed by atoms with E-state index in [2.05, 4.69) is 0 Å². The number of fused-ring (bicyclic) bond motifs is 2. The van der Waals surface area contributed by atoms with Crippen LogP contribution in [-0.2, 0) is 40.8 Å². The summed E-state index contributed by atoms with van der Waals surface area (Å²) in [5.41, 5.74) is 0.526. The van der Waals surface area contributed by atoms with Gasteiger partial charge in [-0.05, 0) is 56.1 Å². The van der Waals surface area contributed by atoms with Crippen molar-refractivity contribution >= 4 is 43.5 Å². The summed E-state index contributed by atoms with van der Waals surface area (Å²) in [5, 5.41) is 9.77. The molecule has 254 valence electrons. The number of hydrogen-bond acceptors (Lipinski definition) is 7. The molecular weight excluding hydrogens is 621 g/mol. The number of halogens is 1. The number of methoxy groups -OCH3 is 1. The summed E-state index contributed by atoms with van der Waals surface area (Å²) in [6.45, 7) is 6.06. The second-order valence-corrected chi connectivity index (χ2v) is 17.1. The second kappa shape index (κ2) is 14.2. The molecule has 3 aliphatic rings. The lowest BCUT2D eigenvalue weighted by Gasteiger charge is -2.31. The molecule has 0 bridgehead atoms. The molecule has 2 fully saturated rings. The molecule has 3 aliphatic heterocycles. The largest absolute Gasteiger partial charge is 0.469 e. The van der Waals surface area contributed by atoms with Gasteiger partial charge in [-0.25, -0.2) is 0 Å². The number of nitrogens with zero attached hydrogens (tertiary/aromatic N) is 3. The van der Waals surface area contributed by atoms with Crippen LogP contribution in [0.15, 0.2) is 48.5 Å². The first-order valence-corrected chi connectivity index (χ1v) is 19.5. The van der Waals surface area contributed by atoms with Crippen LogP contribution in [0.25, 0.3) is 0 Å². The zero-order chi connectivity index (χ0) is 33.9. The van der Waals surface area contributed by atoms with Crippen molar-refractivity contribution in [1.82, 2.24) is 4.90 Å². The third-order valence-electron chi connectivity index (χ3n) is 9.88. The lowest BCUT2D eigenvalue weighted by Crippen LogP contribution is -2.45. The Hall–Kier alpha value is -3.61. The molecule has 0 radical (unpaired) electrons. The number of rotatable bonds is 13. The van der Waals surface area contributed by atoms with E-state index in [1.165, 1.54) is 7.11 Å². The van der Waals surface area contributed by atoms with Gasteiger partial charge in [0.05, 0.1) is 31.9 Å². The summed E-state index contributed by atoms with van der Waals surface area (Å²) in [5.74, 6) is -1.54. The van der Waals surface area contributed by atoms with Crippen LogP contribution in [-0.4, -0.2) is 81.6 Å². The van der Waals surface area contributed by atoms with Crippen molar-refractivity contribution in [2.75, 3.05) is 43.2 Å². The first-order valence-electron chi connectivity index (χ1n) is 16.5. The summed E-state index contributed by atoms with van der Waals surface area (Å²) >= 11 is 0. The summed E-state index contributed by atoms with van der Waals surface area (Å²) in [6, 6.07) is 14.9. The van der Waals surface area contributed by atoms with Gasteiger partial charge in [0.2, 0.25) is 20.2 Å². The number of amides is 3. The normalized spacial score (nSPS) is 23.9. The highest BCUT2D eigenvalue weighted by Gasteiger charge is 2.67. The SMILES string of the molecule is COC(=O)CCCCN1C(=O)[C@@]2(O[C@@H](CC(=O)N(CCO)Cc3ccccc3)[C@H]([Si](C)(C)F)[C@H]2C)c2cc(N3CCCC3=O)ccc21. The minimum Gasteiger partial charge on any atom is -0.469 e. The predicted octanol–water partition coefficient (Wildman–Crippen LogP) is 4.69. The topological polar surface area (TPSA) is 117 Å². The molecule has 12 heteroatoms. The van der Waals surface area contributed by atoms with Gasteiger partial charge in [-0.3, -0.25) is 19.2 Å². The Kier molecular flexibility index (Phi) is 10.5. The van der Waals surface area contributed by atoms with Crippen LogP contribution in [0, 0.1) is 5.92 Å². The number of esters is 1. The number of unbranched alkanes of at least 4 members (excludes halogenated alkanes) is 1. The summed E-state index contributed by atoms with van der Waals surface area (Å²) in [4.78, 5) is 57.8. The van der Waals surface area contributed by atoms with Gasteiger partial charge in [0.25, 0.3) is 5.91 Å².